The first-order chi connectivity index (χ1) is 7.85. The maximum Gasteiger partial charge on any atom is 0.169 e. The molecular weight excluding hydrogens is 204 g/mol. The zero-order chi connectivity index (χ0) is 11.4. The van der Waals surface area contributed by atoms with Crippen molar-refractivity contribution < 1.29 is 4.79 Å². The highest BCUT2D eigenvalue weighted by atomic mass is 16.1. The van der Waals surface area contributed by atoms with E-state index in [9.17, 15) is 4.79 Å². The number of rotatable bonds is 2. The summed E-state index contributed by atoms with van der Waals surface area (Å²) in [5.41, 5.74) is 0.515. The monoisotopic (exact) mass is 216 g/mol. The first-order valence-electron chi connectivity index (χ1n) is 5.27. The molecule has 1 atom stereocenters. The van der Waals surface area contributed by atoms with Crippen LogP contribution in [0.5, 0.6) is 0 Å². The molecule has 5 heteroatoms. The van der Waals surface area contributed by atoms with Crippen molar-refractivity contribution >= 4 is 12.1 Å². The number of carbonyl (C=O) groups excluding carboxylic acids is 1. The van der Waals surface area contributed by atoms with Crippen LogP contribution in [0.4, 0.5) is 5.82 Å². The summed E-state index contributed by atoms with van der Waals surface area (Å²) >= 11 is 0. The van der Waals surface area contributed by atoms with Crippen LogP contribution < -0.4 is 4.90 Å². The largest absolute Gasteiger partial charge is 0.353 e. The molecule has 0 amide bonds. The Hall–Kier alpha value is -1.96. The van der Waals surface area contributed by atoms with Gasteiger partial charge in [0, 0.05) is 19.0 Å². The lowest BCUT2D eigenvalue weighted by Gasteiger charge is -2.31. The zero-order valence-corrected chi connectivity index (χ0v) is 8.83. The lowest BCUT2D eigenvalue weighted by molar-refractivity contribution is -0.111. The summed E-state index contributed by atoms with van der Waals surface area (Å²) < 4.78 is 0. The first kappa shape index (κ1) is 10.6. The molecule has 0 saturated carbocycles. The van der Waals surface area contributed by atoms with E-state index in [1.165, 1.54) is 6.20 Å². The standard InChI is InChI=1S/C11H12N4O/c12-6-10-3-4-13-14-11(10)15-5-1-2-9(7-15)8-16/h3-4,8-9H,1-2,5,7H2. The van der Waals surface area contributed by atoms with Gasteiger partial charge in [0.25, 0.3) is 0 Å². The quantitative estimate of drug-likeness (QED) is 0.683. The molecule has 0 aromatic carbocycles. The third-order valence-corrected chi connectivity index (χ3v) is 2.77. The molecule has 0 aliphatic carbocycles. The lowest BCUT2D eigenvalue weighted by Crippen LogP contribution is -2.37. The van der Waals surface area contributed by atoms with Gasteiger partial charge in [-0.2, -0.15) is 10.4 Å². The van der Waals surface area contributed by atoms with E-state index < -0.39 is 0 Å². The fourth-order valence-corrected chi connectivity index (χ4v) is 1.96. The second kappa shape index (κ2) is 4.71. The molecule has 1 fully saturated rings. The van der Waals surface area contributed by atoms with Crippen molar-refractivity contribution in [2.75, 3.05) is 18.0 Å². The number of aromatic nitrogens is 2. The molecule has 1 saturated heterocycles. The van der Waals surface area contributed by atoms with E-state index in [0.717, 1.165) is 25.7 Å². The van der Waals surface area contributed by atoms with Crippen molar-refractivity contribution in [2.45, 2.75) is 12.8 Å². The van der Waals surface area contributed by atoms with Crippen molar-refractivity contribution in [2.24, 2.45) is 5.92 Å². The summed E-state index contributed by atoms with van der Waals surface area (Å²) in [5.74, 6) is 0.638. The van der Waals surface area contributed by atoms with Gasteiger partial charge in [0.05, 0.1) is 11.8 Å². The highest BCUT2D eigenvalue weighted by molar-refractivity contribution is 5.58. The Morgan fingerprint density at radius 1 is 1.62 bits per heavy atom. The minimum Gasteiger partial charge on any atom is -0.353 e. The molecule has 0 N–H and O–H groups in total. The molecule has 1 aliphatic heterocycles. The molecule has 16 heavy (non-hydrogen) atoms. The minimum absolute atomic E-state index is 0.0438. The molecule has 82 valence electrons. The van der Waals surface area contributed by atoms with Crippen LogP contribution in [-0.2, 0) is 4.79 Å². The molecule has 2 heterocycles. The topological polar surface area (TPSA) is 69.9 Å². The summed E-state index contributed by atoms with van der Waals surface area (Å²) in [5, 5.41) is 16.7. The van der Waals surface area contributed by atoms with Gasteiger partial charge < -0.3 is 9.69 Å². The molecule has 1 aromatic rings. The Balaban J connectivity index is 2.23. The molecule has 1 aromatic heterocycles. The van der Waals surface area contributed by atoms with Gasteiger partial charge in [-0.25, -0.2) is 0 Å². The number of piperidine rings is 1. The summed E-state index contributed by atoms with van der Waals surface area (Å²) in [4.78, 5) is 12.7. The molecule has 0 radical (unpaired) electrons. The Morgan fingerprint density at radius 3 is 3.25 bits per heavy atom. The van der Waals surface area contributed by atoms with E-state index in [1.54, 1.807) is 6.07 Å². The Labute approximate surface area is 93.7 Å². The van der Waals surface area contributed by atoms with Gasteiger partial charge in [-0.05, 0) is 18.9 Å². The Bertz CT molecular complexity index is 426. The number of hydrogen-bond donors (Lipinski definition) is 0. The van der Waals surface area contributed by atoms with E-state index in [2.05, 4.69) is 16.3 Å². The minimum atomic E-state index is 0.0438. The highest BCUT2D eigenvalue weighted by Crippen LogP contribution is 2.22. The van der Waals surface area contributed by atoms with Crippen molar-refractivity contribution in [3.05, 3.63) is 17.8 Å². The smallest absolute Gasteiger partial charge is 0.169 e. The van der Waals surface area contributed by atoms with Crippen molar-refractivity contribution in [1.82, 2.24) is 10.2 Å². The third-order valence-electron chi connectivity index (χ3n) is 2.77. The number of anilines is 1. The van der Waals surface area contributed by atoms with Crippen molar-refractivity contribution in [3.8, 4) is 6.07 Å². The van der Waals surface area contributed by atoms with Crippen LogP contribution in [0.3, 0.4) is 0 Å². The number of nitrogens with zero attached hydrogens (tertiary/aromatic N) is 4. The van der Waals surface area contributed by atoms with Crippen LogP contribution in [0.1, 0.15) is 18.4 Å². The van der Waals surface area contributed by atoms with Crippen LogP contribution in [0, 0.1) is 17.2 Å². The average Bonchev–Trinajstić information content (AvgIpc) is 2.38. The summed E-state index contributed by atoms with van der Waals surface area (Å²) in [6.45, 7) is 1.47. The van der Waals surface area contributed by atoms with Gasteiger partial charge >= 0.3 is 0 Å². The van der Waals surface area contributed by atoms with Crippen LogP contribution in [0.2, 0.25) is 0 Å². The van der Waals surface area contributed by atoms with E-state index in [1.807, 2.05) is 4.90 Å². The van der Waals surface area contributed by atoms with E-state index in [4.69, 9.17) is 5.26 Å². The number of carbonyl (C=O) groups is 1. The van der Waals surface area contributed by atoms with Gasteiger partial charge in [-0.3, -0.25) is 0 Å². The predicted molar refractivity (Wildman–Crippen MR) is 57.7 cm³/mol. The van der Waals surface area contributed by atoms with Gasteiger partial charge in [0.2, 0.25) is 0 Å². The van der Waals surface area contributed by atoms with Gasteiger partial charge in [0.15, 0.2) is 5.82 Å². The Morgan fingerprint density at radius 2 is 2.50 bits per heavy atom. The fourth-order valence-electron chi connectivity index (χ4n) is 1.96. The SMILES string of the molecule is N#Cc1ccnnc1N1CCCC(C=O)C1. The second-order valence-electron chi connectivity index (χ2n) is 3.86. The molecule has 0 bridgehead atoms. The van der Waals surface area contributed by atoms with Crippen LogP contribution in [0.15, 0.2) is 12.3 Å². The molecule has 1 unspecified atom stereocenters. The summed E-state index contributed by atoms with van der Waals surface area (Å²) in [6, 6.07) is 3.74. The van der Waals surface area contributed by atoms with Gasteiger partial charge in [-0.1, -0.05) is 0 Å². The van der Waals surface area contributed by atoms with Crippen LogP contribution in [0.25, 0.3) is 0 Å². The maximum absolute atomic E-state index is 10.8. The maximum atomic E-state index is 10.8. The zero-order valence-electron chi connectivity index (χ0n) is 8.83. The number of nitriles is 1. The predicted octanol–water partition coefficient (Wildman–Crippen LogP) is 0.764. The van der Waals surface area contributed by atoms with Crippen LogP contribution in [-0.4, -0.2) is 29.6 Å². The number of hydrogen-bond acceptors (Lipinski definition) is 5. The molecule has 2 rings (SSSR count). The summed E-state index contributed by atoms with van der Waals surface area (Å²) in [7, 11) is 0. The third kappa shape index (κ3) is 2.01. The highest BCUT2D eigenvalue weighted by Gasteiger charge is 2.22. The number of aldehydes is 1. The first-order valence-corrected chi connectivity index (χ1v) is 5.27. The van der Waals surface area contributed by atoms with E-state index in [0.29, 0.717) is 17.9 Å². The molecule has 1 aliphatic rings. The van der Waals surface area contributed by atoms with E-state index >= 15 is 0 Å². The van der Waals surface area contributed by atoms with Crippen molar-refractivity contribution in [3.63, 3.8) is 0 Å². The molecule has 0 spiro atoms. The Kier molecular flexibility index (Phi) is 3.10. The average molecular weight is 216 g/mol. The normalized spacial score (nSPS) is 20.2. The van der Waals surface area contributed by atoms with Crippen LogP contribution >= 0.6 is 0 Å². The molecule has 5 nitrogen and oxygen atoms in total. The van der Waals surface area contributed by atoms with Gasteiger partial charge in [-0.15, -0.1) is 5.10 Å². The molecular formula is C11H12N4O. The van der Waals surface area contributed by atoms with Crippen molar-refractivity contribution in [1.29, 1.82) is 5.26 Å². The second-order valence-corrected chi connectivity index (χ2v) is 3.86. The fraction of sp³-hybridized carbons (Fsp3) is 0.455. The lowest BCUT2D eigenvalue weighted by atomic mass is 9.99. The summed E-state index contributed by atoms with van der Waals surface area (Å²) in [6.07, 6.45) is 4.35. The van der Waals surface area contributed by atoms with E-state index in [-0.39, 0.29) is 5.92 Å². The van der Waals surface area contributed by atoms with Gasteiger partial charge in [0.1, 0.15) is 12.4 Å².